The van der Waals surface area contributed by atoms with Gasteiger partial charge in [0.15, 0.2) is 15.5 Å². The molecule has 0 unspecified atom stereocenters. The molecular weight excluding hydrogens is 456 g/mol. The van der Waals surface area contributed by atoms with E-state index >= 15 is 0 Å². The van der Waals surface area contributed by atoms with Crippen molar-refractivity contribution in [3.8, 4) is 0 Å². The third kappa shape index (κ3) is 3.85. The van der Waals surface area contributed by atoms with Crippen LogP contribution < -0.4 is 5.32 Å². The van der Waals surface area contributed by atoms with E-state index in [2.05, 4.69) is 17.4 Å². The van der Waals surface area contributed by atoms with Gasteiger partial charge in [-0.05, 0) is 50.3 Å². The smallest absolute Gasteiger partial charge is 0.252 e. The Balaban J connectivity index is 1.41. The van der Waals surface area contributed by atoms with E-state index in [4.69, 9.17) is 10.1 Å². The molecule has 1 aromatic carbocycles. The molecule has 1 saturated carbocycles. The number of hydrogen-bond donors (Lipinski definition) is 1. The van der Waals surface area contributed by atoms with Crippen molar-refractivity contribution >= 4 is 38.5 Å². The van der Waals surface area contributed by atoms with Gasteiger partial charge in [0.2, 0.25) is 0 Å². The predicted molar refractivity (Wildman–Crippen MR) is 129 cm³/mol. The van der Waals surface area contributed by atoms with E-state index < -0.39 is 9.84 Å². The number of pyridine rings is 1. The lowest BCUT2D eigenvalue weighted by Crippen LogP contribution is -2.31. The van der Waals surface area contributed by atoms with E-state index in [9.17, 15) is 13.2 Å². The number of nitrogens with one attached hydrogen (secondary N) is 1. The maximum absolute atomic E-state index is 13.6. The average molecular weight is 483 g/mol. The Labute approximate surface area is 197 Å². The number of fused-ring (bicyclic) bond motifs is 2. The van der Waals surface area contributed by atoms with Crippen LogP contribution in [0.4, 0.5) is 0 Å². The van der Waals surface area contributed by atoms with Gasteiger partial charge in [0, 0.05) is 22.3 Å². The fraction of sp³-hybridized carbons (Fsp3) is 0.458. The zero-order valence-electron chi connectivity index (χ0n) is 18.5. The lowest BCUT2D eigenvalue weighted by molar-refractivity contribution is 0.0936. The second-order valence-electron chi connectivity index (χ2n) is 9.36. The van der Waals surface area contributed by atoms with Gasteiger partial charge >= 0.3 is 0 Å². The van der Waals surface area contributed by atoms with Crippen molar-refractivity contribution in [3.63, 3.8) is 0 Å². The monoisotopic (exact) mass is 482 g/mol. The Kier molecular flexibility index (Phi) is 5.03. The molecule has 1 saturated heterocycles. The van der Waals surface area contributed by atoms with Gasteiger partial charge in [-0.15, -0.1) is 11.8 Å². The summed E-state index contributed by atoms with van der Waals surface area (Å²) in [7, 11) is -3.06. The number of benzene rings is 1. The first kappa shape index (κ1) is 21.2. The first-order chi connectivity index (χ1) is 15.9. The Hall–Kier alpha value is -2.39. The molecule has 0 radical (unpaired) electrons. The molecule has 6 rings (SSSR count). The van der Waals surface area contributed by atoms with Crippen LogP contribution in [0.25, 0.3) is 11.0 Å². The number of aryl methyl sites for hydroxylation is 1. The highest BCUT2D eigenvalue weighted by atomic mass is 32.2. The van der Waals surface area contributed by atoms with E-state index in [1.807, 2.05) is 36.9 Å². The number of carbonyl (C=O) groups is 1. The van der Waals surface area contributed by atoms with E-state index in [1.165, 1.54) is 10.5 Å². The number of hydrogen-bond acceptors (Lipinski definition) is 6. The lowest BCUT2D eigenvalue weighted by Gasteiger charge is -2.26. The standard InChI is InChI=1S/C24H26N4O3S2/c1-14-22-18(24(29)26-19-8-10-32-21-5-3-2-4-17(19)21)12-20(15-6-7-15)25-23(22)28(27-14)16-9-11-33(30,31)13-16/h2-5,12,15-16,19H,6-11,13H2,1H3,(H,26,29)/t16-,19+/m0/s1. The molecule has 2 aromatic heterocycles. The molecular formula is C24H26N4O3S2. The topological polar surface area (TPSA) is 93.9 Å². The van der Waals surface area contributed by atoms with Crippen molar-refractivity contribution in [2.75, 3.05) is 17.3 Å². The molecule has 1 aliphatic carbocycles. The molecule has 2 aliphatic heterocycles. The molecule has 0 spiro atoms. The Morgan fingerprint density at radius 1 is 1.18 bits per heavy atom. The molecule has 2 atom stereocenters. The third-order valence-electron chi connectivity index (χ3n) is 6.92. The normalized spacial score (nSPS) is 24.0. The van der Waals surface area contributed by atoms with Crippen molar-refractivity contribution in [2.24, 2.45) is 0 Å². The van der Waals surface area contributed by atoms with Gasteiger partial charge in [0.05, 0.1) is 40.2 Å². The van der Waals surface area contributed by atoms with E-state index in [0.29, 0.717) is 29.2 Å². The molecule has 3 aromatic rings. The fourth-order valence-electron chi connectivity index (χ4n) is 5.05. The highest BCUT2D eigenvalue weighted by Gasteiger charge is 2.34. The Bertz CT molecular complexity index is 1380. The van der Waals surface area contributed by atoms with Crippen molar-refractivity contribution in [1.82, 2.24) is 20.1 Å². The minimum absolute atomic E-state index is 0.0298. The number of thioether (sulfide) groups is 1. The van der Waals surface area contributed by atoms with Gasteiger partial charge in [-0.1, -0.05) is 18.2 Å². The summed E-state index contributed by atoms with van der Waals surface area (Å²) in [4.78, 5) is 19.8. The average Bonchev–Trinajstić information content (AvgIpc) is 3.52. The molecule has 172 valence electrons. The van der Waals surface area contributed by atoms with Crippen molar-refractivity contribution < 1.29 is 13.2 Å². The highest BCUT2D eigenvalue weighted by Crippen LogP contribution is 2.41. The van der Waals surface area contributed by atoms with Gasteiger partial charge in [-0.25, -0.2) is 18.1 Å². The maximum Gasteiger partial charge on any atom is 0.252 e. The number of aromatic nitrogens is 3. The first-order valence-corrected chi connectivity index (χ1v) is 14.3. The molecule has 3 aliphatic rings. The third-order valence-corrected chi connectivity index (χ3v) is 9.79. The van der Waals surface area contributed by atoms with Crippen LogP contribution in [0.2, 0.25) is 0 Å². The SMILES string of the molecule is Cc1nn([C@H]2CCS(=O)(=O)C2)c2nc(C3CC3)cc(C(=O)N[C@@H]3CCSc4ccccc43)c12. The zero-order chi connectivity index (χ0) is 22.7. The van der Waals surface area contributed by atoms with Crippen LogP contribution >= 0.6 is 11.8 Å². The van der Waals surface area contributed by atoms with Gasteiger partial charge in [-0.3, -0.25) is 4.79 Å². The van der Waals surface area contributed by atoms with Crippen LogP contribution in [0.15, 0.2) is 35.2 Å². The molecule has 33 heavy (non-hydrogen) atoms. The van der Waals surface area contributed by atoms with Crippen LogP contribution in [0.5, 0.6) is 0 Å². The zero-order valence-corrected chi connectivity index (χ0v) is 20.1. The summed E-state index contributed by atoms with van der Waals surface area (Å²) < 4.78 is 26.0. The number of carbonyl (C=O) groups excluding carboxylic acids is 1. The van der Waals surface area contributed by atoms with Gasteiger partial charge in [0.1, 0.15) is 0 Å². The van der Waals surface area contributed by atoms with Crippen LogP contribution in [-0.4, -0.2) is 46.3 Å². The van der Waals surface area contributed by atoms with Crippen molar-refractivity contribution in [3.05, 3.63) is 52.8 Å². The largest absolute Gasteiger partial charge is 0.345 e. The van der Waals surface area contributed by atoms with Gasteiger partial charge < -0.3 is 5.32 Å². The lowest BCUT2D eigenvalue weighted by atomic mass is 10.0. The molecule has 4 heterocycles. The van der Waals surface area contributed by atoms with Crippen LogP contribution in [0.1, 0.15) is 71.0 Å². The summed E-state index contributed by atoms with van der Waals surface area (Å²) in [6.45, 7) is 1.88. The summed E-state index contributed by atoms with van der Waals surface area (Å²) in [6.07, 6.45) is 3.55. The van der Waals surface area contributed by atoms with Crippen LogP contribution in [-0.2, 0) is 9.84 Å². The fourth-order valence-corrected chi connectivity index (χ4v) is 7.87. The van der Waals surface area contributed by atoms with Crippen LogP contribution in [0, 0.1) is 6.92 Å². The van der Waals surface area contributed by atoms with Crippen molar-refractivity contribution in [1.29, 1.82) is 0 Å². The van der Waals surface area contributed by atoms with E-state index in [1.54, 1.807) is 4.68 Å². The summed E-state index contributed by atoms with van der Waals surface area (Å²) in [5, 5.41) is 8.70. The van der Waals surface area contributed by atoms with Crippen LogP contribution in [0.3, 0.4) is 0 Å². The number of nitrogens with zero attached hydrogens (tertiary/aromatic N) is 3. The minimum atomic E-state index is -3.06. The number of amides is 1. The molecule has 1 amide bonds. The molecule has 1 N–H and O–H groups in total. The predicted octanol–water partition coefficient (Wildman–Crippen LogP) is 3.94. The van der Waals surface area contributed by atoms with E-state index in [0.717, 1.165) is 36.1 Å². The first-order valence-electron chi connectivity index (χ1n) is 11.5. The second kappa shape index (κ2) is 7.84. The number of rotatable bonds is 4. The molecule has 9 heteroatoms. The van der Waals surface area contributed by atoms with Crippen molar-refractivity contribution in [2.45, 2.75) is 55.5 Å². The summed E-state index contributed by atoms with van der Waals surface area (Å²) >= 11 is 1.83. The molecule has 0 bridgehead atoms. The quantitative estimate of drug-likeness (QED) is 0.605. The molecule has 7 nitrogen and oxygen atoms in total. The Morgan fingerprint density at radius 2 is 2.00 bits per heavy atom. The Morgan fingerprint density at radius 3 is 2.76 bits per heavy atom. The molecule has 2 fully saturated rings. The minimum Gasteiger partial charge on any atom is -0.345 e. The van der Waals surface area contributed by atoms with E-state index in [-0.39, 0.29) is 29.5 Å². The summed E-state index contributed by atoms with van der Waals surface area (Å²) in [6, 6.07) is 9.92. The number of sulfone groups is 1. The summed E-state index contributed by atoms with van der Waals surface area (Å²) in [5.41, 5.74) is 4.03. The maximum atomic E-state index is 13.6. The summed E-state index contributed by atoms with van der Waals surface area (Å²) in [5.74, 6) is 1.47. The second-order valence-corrected chi connectivity index (χ2v) is 12.7. The van der Waals surface area contributed by atoms with Gasteiger partial charge in [0.25, 0.3) is 5.91 Å². The van der Waals surface area contributed by atoms with Gasteiger partial charge in [-0.2, -0.15) is 5.10 Å². The highest BCUT2D eigenvalue weighted by molar-refractivity contribution is 7.99.